The van der Waals surface area contributed by atoms with Crippen LogP contribution in [0.15, 0.2) is 29.2 Å². The lowest BCUT2D eigenvalue weighted by Crippen LogP contribution is -2.54. The summed E-state index contributed by atoms with van der Waals surface area (Å²) in [4.78, 5) is 4.22. The highest BCUT2D eigenvalue weighted by molar-refractivity contribution is 7.96. The van der Waals surface area contributed by atoms with Gasteiger partial charge in [-0.05, 0) is 30.8 Å². The summed E-state index contributed by atoms with van der Waals surface area (Å²) in [6.45, 7) is 5.91. The number of halogens is 1. The maximum atomic E-state index is 13.1. The Bertz CT molecular complexity index is 816. The molecule has 2 saturated heterocycles. The molecule has 0 radical (unpaired) electrons. The van der Waals surface area contributed by atoms with Gasteiger partial charge in [0.2, 0.25) is 0 Å². The molecule has 25 heavy (non-hydrogen) atoms. The van der Waals surface area contributed by atoms with E-state index in [-0.39, 0.29) is 16.4 Å². The molecule has 0 bridgehead atoms. The molecule has 0 spiro atoms. The van der Waals surface area contributed by atoms with Gasteiger partial charge in [-0.3, -0.25) is 4.90 Å². The molecule has 1 aromatic carbocycles. The smallest absolute Gasteiger partial charge is 0.183 e. The van der Waals surface area contributed by atoms with E-state index in [9.17, 15) is 21.2 Å². The number of rotatable bonds is 4. The third kappa shape index (κ3) is 3.89. The predicted octanol–water partition coefficient (Wildman–Crippen LogP) is 0.403. The van der Waals surface area contributed by atoms with Crippen molar-refractivity contribution in [2.24, 2.45) is 0 Å². The number of sulfone groups is 2. The summed E-state index contributed by atoms with van der Waals surface area (Å²) in [5.74, 6) is -1.03. The highest BCUT2D eigenvalue weighted by Crippen LogP contribution is 2.29. The zero-order valence-corrected chi connectivity index (χ0v) is 15.8. The zero-order valence-electron chi connectivity index (χ0n) is 14.1. The minimum Gasteiger partial charge on any atom is -0.301 e. The van der Waals surface area contributed by atoms with Crippen molar-refractivity contribution in [3.05, 3.63) is 30.1 Å². The first-order valence-electron chi connectivity index (χ1n) is 8.39. The zero-order chi connectivity index (χ0) is 18.2. The van der Waals surface area contributed by atoms with Crippen LogP contribution in [0, 0.1) is 5.82 Å². The summed E-state index contributed by atoms with van der Waals surface area (Å²) >= 11 is 0. The van der Waals surface area contributed by atoms with Crippen molar-refractivity contribution < 1.29 is 21.2 Å². The molecule has 6 nitrogen and oxygen atoms in total. The van der Waals surface area contributed by atoms with E-state index in [0.717, 1.165) is 31.8 Å². The van der Waals surface area contributed by atoms with Gasteiger partial charge in [0.25, 0.3) is 0 Å². The summed E-state index contributed by atoms with van der Waals surface area (Å²) in [7, 11) is -7.27. The van der Waals surface area contributed by atoms with E-state index in [2.05, 4.69) is 11.8 Å². The van der Waals surface area contributed by atoms with Crippen LogP contribution in [0.3, 0.4) is 0 Å². The van der Waals surface area contributed by atoms with E-state index in [1.807, 2.05) is 4.90 Å². The van der Waals surface area contributed by atoms with Gasteiger partial charge < -0.3 is 4.90 Å². The van der Waals surface area contributed by atoms with Crippen molar-refractivity contribution >= 4 is 19.7 Å². The molecule has 1 aromatic rings. The van der Waals surface area contributed by atoms with Crippen LogP contribution in [0.4, 0.5) is 4.39 Å². The Balaban J connectivity index is 1.88. The summed E-state index contributed by atoms with van der Waals surface area (Å²) in [6, 6.07) is 4.05. The molecular weight excluding hydrogens is 367 g/mol. The second kappa shape index (κ2) is 6.94. The lowest BCUT2D eigenvalue weighted by Gasteiger charge is -2.38. The van der Waals surface area contributed by atoms with Gasteiger partial charge in [-0.15, -0.1) is 0 Å². The number of benzene rings is 1. The highest BCUT2D eigenvalue weighted by atomic mass is 32.2. The molecule has 140 valence electrons. The average Bonchev–Trinajstić information content (AvgIpc) is 2.92. The largest absolute Gasteiger partial charge is 0.301 e. The number of hydrogen-bond donors (Lipinski definition) is 0. The quantitative estimate of drug-likeness (QED) is 0.693. The lowest BCUT2D eigenvalue weighted by atomic mass is 10.2. The molecule has 2 heterocycles. The van der Waals surface area contributed by atoms with E-state index in [0.29, 0.717) is 13.1 Å². The van der Waals surface area contributed by atoms with Crippen LogP contribution in [-0.4, -0.2) is 82.2 Å². The van der Waals surface area contributed by atoms with E-state index in [1.54, 1.807) is 0 Å². The monoisotopic (exact) mass is 390 g/mol. The van der Waals surface area contributed by atoms with Gasteiger partial charge >= 0.3 is 0 Å². The molecule has 9 heteroatoms. The van der Waals surface area contributed by atoms with Gasteiger partial charge in [-0.25, -0.2) is 21.2 Å². The summed E-state index contributed by atoms with van der Waals surface area (Å²) in [6.07, 6.45) is 0. The van der Waals surface area contributed by atoms with E-state index >= 15 is 0 Å². The fraction of sp³-hybridized carbons (Fsp3) is 0.625. The molecule has 0 unspecified atom stereocenters. The predicted molar refractivity (Wildman–Crippen MR) is 93.5 cm³/mol. The second-order valence-electron chi connectivity index (χ2n) is 6.65. The Labute approximate surface area is 148 Å². The maximum absolute atomic E-state index is 13.1. The highest BCUT2D eigenvalue weighted by Gasteiger charge is 2.48. The molecule has 0 aliphatic carbocycles. The Hall–Kier alpha value is -1.03. The van der Waals surface area contributed by atoms with Crippen LogP contribution in [0.5, 0.6) is 0 Å². The minimum atomic E-state index is -3.85. The Morgan fingerprint density at radius 2 is 1.68 bits per heavy atom. The molecular formula is C16H23FN2O4S2. The van der Waals surface area contributed by atoms with Crippen LogP contribution in [0.25, 0.3) is 0 Å². The molecule has 0 aromatic heterocycles. The van der Waals surface area contributed by atoms with Crippen LogP contribution < -0.4 is 0 Å². The number of piperazine rings is 1. The van der Waals surface area contributed by atoms with Crippen molar-refractivity contribution in [2.45, 2.75) is 23.1 Å². The first-order valence-corrected chi connectivity index (χ1v) is 11.8. The molecule has 0 N–H and O–H groups in total. The fourth-order valence-corrected chi connectivity index (χ4v) is 8.47. The summed E-state index contributed by atoms with van der Waals surface area (Å²) in [5, 5.41) is -1.00. The SMILES string of the molecule is CCN1CCN([C@H]2CS(=O)(=O)C[C@@H]2S(=O)(=O)c2ccc(F)cc2)CC1. The van der Waals surface area contributed by atoms with E-state index < -0.39 is 36.8 Å². The normalized spacial score (nSPS) is 28.2. The average molecular weight is 391 g/mol. The molecule has 2 aliphatic rings. The first kappa shape index (κ1) is 18.8. The van der Waals surface area contributed by atoms with Gasteiger partial charge in [0.1, 0.15) is 5.82 Å². The first-order chi connectivity index (χ1) is 11.7. The molecule has 3 rings (SSSR count). The Morgan fingerprint density at radius 3 is 2.24 bits per heavy atom. The van der Waals surface area contributed by atoms with Crippen LogP contribution >= 0.6 is 0 Å². The van der Waals surface area contributed by atoms with E-state index in [4.69, 9.17) is 0 Å². The topological polar surface area (TPSA) is 74.8 Å². The third-order valence-corrected chi connectivity index (χ3v) is 9.27. The van der Waals surface area contributed by atoms with Crippen molar-refractivity contribution in [3.8, 4) is 0 Å². The van der Waals surface area contributed by atoms with Gasteiger partial charge in [0, 0.05) is 32.2 Å². The lowest BCUT2D eigenvalue weighted by molar-refractivity contribution is 0.109. The van der Waals surface area contributed by atoms with Crippen molar-refractivity contribution in [2.75, 3.05) is 44.2 Å². The number of likely N-dealkylation sites (N-methyl/N-ethyl adjacent to an activating group) is 1. The van der Waals surface area contributed by atoms with Crippen LogP contribution in [0.2, 0.25) is 0 Å². The second-order valence-corrected chi connectivity index (χ2v) is 11.0. The standard InChI is InChI=1S/C16H23FN2O4S2/c1-2-18-7-9-19(10-8-18)15-11-24(20,21)12-16(15)25(22,23)14-5-3-13(17)4-6-14/h3-6,15-16H,2,7-12H2,1H3/t15-,16-/m0/s1. The maximum Gasteiger partial charge on any atom is 0.183 e. The van der Waals surface area contributed by atoms with Crippen molar-refractivity contribution in [3.63, 3.8) is 0 Å². The van der Waals surface area contributed by atoms with Gasteiger partial charge in [0.05, 0.1) is 21.7 Å². The van der Waals surface area contributed by atoms with Gasteiger partial charge in [-0.2, -0.15) is 0 Å². The third-order valence-electron chi connectivity index (χ3n) is 5.14. The molecule has 2 aliphatic heterocycles. The summed E-state index contributed by atoms with van der Waals surface area (Å²) in [5.41, 5.74) is 0. The summed E-state index contributed by atoms with van der Waals surface area (Å²) < 4.78 is 63.4. The fourth-order valence-electron chi connectivity index (χ4n) is 3.64. The Morgan fingerprint density at radius 1 is 1.08 bits per heavy atom. The van der Waals surface area contributed by atoms with Crippen LogP contribution in [0.1, 0.15) is 6.92 Å². The van der Waals surface area contributed by atoms with Crippen molar-refractivity contribution in [1.29, 1.82) is 0 Å². The Kier molecular flexibility index (Phi) is 5.21. The number of nitrogens with zero attached hydrogens (tertiary/aromatic N) is 2. The minimum absolute atomic E-state index is 0.0202. The van der Waals surface area contributed by atoms with E-state index in [1.165, 1.54) is 12.1 Å². The van der Waals surface area contributed by atoms with Crippen molar-refractivity contribution in [1.82, 2.24) is 9.80 Å². The molecule has 2 fully saturated rings. The molecule has 2 atom stereocenters. The molecule has 0 saturated carbocycles. The van der Waals surface area contributed by atoms with Gasteiger partial charge in [0.15, 0.2) is 19.7 Å². The molecule has 0 amide bonds. The van der Waals surface area contributed by atoms with Gasteiger partial charge in [-0.1, -0.05) is 6.92 Å². The number of hydrogen-bond acceptors (Lipinski definition) is 6. The van der Waals surface area contributed by atoms with Crippen LogP contribution in [-0.2, 0) is 19.7 Å².